The lowest BCUT2D eigenvalue weighted by Crippen LogP contribution is -2.13. The van der Waals surface area contributed by atoms with Gasteiger partial charge in [-0.1, -0.05) is 42.5 Å². The van der Waals surface area contributed by atoms with Crippen molar-refractivity contribution in [1.82, 2.24) is 0 Å². The van der Waals surface area contributed by atoms with Crippen LogP contribution in [0.25, 0.3) is 0 Å². The van der Waals surface area contributed by atoms with Crippen LogP contribution in [-0.4, -0.2) is 40.6 Å². The molecule has 2 N–H and O–H groups in total. The van der Waals surface area contributed by atoms with Crippen LogP contribution in [0.3, 0.4) is 0 Å². The summed E-state index contributed by atoms with van der Waals surface area (Å²) >= 11 is 1.16. The Hall–Kier alpha value is -3.71. The van der Waals surface area contributed by atoms with Crippen molar-refractivity contribution in [3.63, 3.8) is 0 Å². The monoisotopic (exact) mass is 492 g/mol. The third kappa shape index (κ3) is 9.22. The van der Waals surface area contributed by atoms with Gasteiger partial charge in [-0.15, -0.1) is 11.8 Å². The van der Waals surface area contributed by atoms with Gasteiger partial charge in [0.05, 0.1) is 18.8 Å². The van der Waals surface area contributed by atoms with Gasteiger partial charge in [-0.05, 0) is 73.4 Å². The van der Waals surface area contributed by atoms with Crippen LogP contribution < -0.4 is 9.47 Å². The van der Waals surface area contributed by atoms with Gasteiger partial charge in [-0.3, -0.25) is 4.79 Å². The maximum absolute atomic E-state index is 11.6. The van der Waals surface area contributed by atoms with Gasteiger partial charge < -0.3 is 19.7 Å². The van der Waals surface area contributed by atoms with Crippen molar-refractivity contribution in [2.45, 2.75) is 29.4 Å². The van der Waals surface area contributed by atoms with Gasteiger partial charge in [0.25, 0.3) is 0 Å². The summed E-state index contributed by atoms with van der Waals surface area (Å²) in [7, 11) is 0. The molecular formula is C28H28O6S. The quantitative estimate of drug-likeness (QED) is 0.163. The van der Waals surface area contributed by atoms with Gasteiger partial charge in [-0.25, -0.2) is 4.79 Å². The Balaban J connectivity index is 1.38. The summed E-state index contributed by atoms with van der Waals surface area (Å²) in [5, 5.41) is 17.7. The minimum absolute atomic E-state index is 0.168. The number of ether oxygens (including phenoxy) is 2. The Labute approximate surface area is 209 Å². The summed E-state index contributed by atoms with van der Waals surface area (Å²) < 4.78 is 11.5. The van der Waals surface area contributed by atoms with Gasteiger partial charge in [-0.2, -0.15) is 0 Å². The molecule has 0 aliphatic heterocycles. The molecule has 0 saturated heterocycles. The number of allylic oxidation sites excluding steroid dienone is 1. The number of hydrogen-bond donors (Lipinski definition) is 2. The van der Waals surface area contributed by atoms with Crippen LogP contribution in [0.4, 0.5) is 0 Å². The highest BCUT2D eigenvalue weighted by Crippen LogP contribution is 2.25. The van der Waals surface area contributed by atoms with Crippen molar-refractivity contribution in [2.24, 2.45) is 0 Å². The van der Waals surface area contributed by atoms with Crippen LogP contribution in [0.2, 0.25) is 0 Å². The van der Waals surface area contributed by atoms with E-state index in [0.29, 0.717) is 24.5 Å². The number of aromatic carboxylic acids is 1. The number of hydrogen-bond acceptors (Lipinski definition) is 5. The van der Waals surface area contributed by atoms with Crippen molar-refractivity contribution in [3.8, 4) is 11.5 Å². The van der Waals surface area contributed by atoms with Gasteiger partial charge in [0.1, 0.15) is 16.7 Å². The maximum Gasteiger partial charge on any atom is 0.335 e. The average molecular weight is 493 g/mol. The summed E-state index contributed by atoms with van der Waals surface area (Å²) in [6.07, 6.45) is 5.88. The third-order valence-corrected chi connectivity index (χ3v) is 6.17. The number of para-hydroxylation sites is 1. The molecule has 0 spiro atoms. The lowest BCUT2D eigenvalue weighted by atomic mass is 10.1. The summed E-state index contributed by atoms with van der Waals surface area (Å²) in [6.45, 7) is 1.27. The third-order valence-electron chi connectivity index (χ3n) is 5.01. The van der Waals surface area contributed by atoms with E-state index in [2.05, 4.69) is 0 Å². The van der Waals surface area contributed by atoms with Crippen molar-refractivity contribution in [3.05, 3.63) is 102 Å². The molecule has 0 bridgehead atoms. The molecule has 0 fully saturated rings. The number of rotatable bonds is 14. The molecule has 0 radical (unpaired) electrons. The molecule has 3 rings (SSSR count). The van der Waals surface area contributed by atoms with E-state index in [1.807, 2.05) is 60.7 Å². The molecule has 182 valence electrons. The lowest BCUT2D eigenvalue weighted by molar-refractivity contribution is -0.135. The fraction of sp³-hybridized carbons (Fsp3) is 0.214. The SMILES string of the molecule is O=C(O)c1ccc(SC(/C=C\Cc2ccc(OCCCCOc3ccccc3)cc2)C(=O)O)cc1. The minimum atomic E-state index is -1.01. The first-order valence-corrected chi connectivity index (χ1v) is 12.2. The summed E-state index contributed by atoms with van der Waals surface area (Å²) in [5.41, 5.74) is 1.21. The van der Waals surface area contributed by atoms with E-state index in [1.165, 1.54) is 12.1 Å². The first-order chi connectivity index (χ1) is 17.0. The topological polar surface area (TPSA) is 93.1 Å². The van der Waals surface area contributed by atoms with Gasteiger partial charge in [0.15, 0.2) is 0 Å². The molecule has 0 aliphatic carbocycles. The van der Waals surface area contributed by atoms with E-state index < -0.39 is 17.2 Å². The van der Waals surface area contributed by atoms with Crippen molar-refractivity contribution < 1.29 is 29.3 Å². The number of thioether (sulfide) groups is 1. The standard InChI is InChI=1S/C28H28O6S/c29-27(30)22-13-17-25(18-14-22)35-26(28(31)32)10-6-7-21-11-15-24(16-12-21)34-20-5-4-19-33-23-8-2-1-3-9-23/h1-3,6,8-18,26H,4-5,7,19-20H2,(H,29,30)(H,31,32)/b10-6-. The average Bonchev–Trinajstić information content (AvgIpc) is 2.87. The Morgan fingerprint density at radius 3 is 1.97 bits per heavy atom. The molecule has 3 aromatic rings. The molecule has 0 saturated carbocycles. The summed E-state index contributed by atoms with van der Waals surface area (Å²) in [4.78, 5) is 23.3. The number of carboxylic acid groups (broad SMARTS) is 2. The Morgan fingerprint density at radius 1 is 0.800 bits per heavy atom. The zero-order chi connectivity index (χ0) is 24.9. The second kappa shape index (κ2) is 13.9. The minimum Gasteiger partial charge on any atom is -0.494 e. The molecule has 0 amide bonds. The highest BCUT2D eigenvalue weighted by molar-refractivity contribution is 8.00. The molecule has 3 aromatic carbocycles. The van der Waals surface area contributed by atoms with Crippen LogP contribution in [0, 0.1) is 0 Å². The zero-order valence-corrected chi connectivity index (χ0v) is 20.0. The molecule has 0 aliphatic rings. The fourth-order valence-corrected chi connectivity index (χ4v) is 4.02. The van der Waals surface area contributed by atoms with E-state index in [9.17, 15) is 14.7 Å². The smallest absolute Gasteiger partial charge is 0.335 e. The number of unbranched alkanes of at least 4 members (excludes halogenated alkanes) is 1. The van der Waals surface area contributed by atoms with E-state index in [1.54, 1.807) is 18.2 Å². The van der Waals surface area contributed by atoms with Crippen LogP contribution in [0.1, 0.15) is 28.8 Å². The van der Waals surface area contributed by atoms with E-state index in [4.69, 9.17) is 14.6 Å². The molecule has 1 unspecified atom stereocenters. The van der Waals surface area contributed by atoms with Crippen LogP contribution >= 0.6 is 11.8 Å². The number of aliphatic carboxylic acids is 1. The predicted molar refractivity (Wildman–Crippen MR) is 137 cm³/mol. The molecule has 1 atom stereocenters. The Kier molecular flexibility index (Phi) is 10.3. The normalized spacial score (nSPS) is 11.8. The number of carboxylic acids is 2. The summed E-state index contributed by atoms with van der Waals surface area (Å²) in [5.74, 6) is -0.293. The predicted octanol–water partition coefficient (Wildman–Crippen LogP) is 5.97. The lowest BCUT2D eigenvalue weighted by Gasteiger charge is -2.09. The first-order valence-electron chi connectivity index (χ1n) is 11.3. The second-order valence-corrected chi connectivity index (χ2v) is 8.91. The largest absolute Gasteiger partial charge is 0.494 e. The number of benzene rings is 3. The van der Waals surface area contributed by atoms with Crippen molar-refractivity contribution in [2.75, 3.05) is 13.2 Å². The van der Waals surface area contributed by atoms with Crippen molar-refractivity contribution >= 4 is 23.7 Å². The van der Waals surface area contributed by atoms with E-state index in [0.717, 1.165) is 41.7 Å². The van der Waals surface area contributed by atoms with Crippen LogP contribution in [0.5, 0.6) is 11.5 Å². The Morgan fingerprint density at radius 2 is 1.40 bits per heavy atom. The highest BCUT2D eigenvalue weighted by Gasteiger charge is 2.15. The van der Waals surface area contributed by atoms with Gasteiger partial charge in [0.2, 0.25) is 0 Å². The van der Waals surface area contributed by atoms with Crippen molar-refractivity contribution in [1.29, 1.82) is 0 Å². The van der Waals surface area contributed by atoms with Crippen LogP contribution in [0.15, 0.2) is 95.9 Å². The molecular weight excluding hydrogens is 464 g/mol. The zero-order valence-electron chi connectivity index (χ0n) is 19.2. The van der Waals surface area contributed by atoms with Gasteiger partial charge in [0, 0.05) is 4.90 Å². The highest BCUT2D eigenvalue weighted by atomic mass is 32.2. The van der Waals surface area contributed by atoms with E-state index >= 15 is 0 Å². The molecule has 0 aromatic heterocycles. The second-order valence-electron chi connectivity index (χ2n) is 7.70. The first kappa shape index (κ1) is 25.9. The van der Waals surface area contributed by atoms with Crippen LogP contribution in [-0.2, 0) is 11.2 Å². The maximum atomic E-state index is 11.6. The Bertz CT molecular complexity index is 1090. The fourth-order valence-electron chi connectivity index (χ4n) is 3.15. The van der Waals surface area contributed by atoms with E-state index in [-0.39, 0.29) is 5.56 Å². The molecule has 0 heterocycles. The number of carbonyl (C=O) groups is 2. The molecule has 6 nitrogen and oxygen atoms in total. The summed E-state index contributed by atoms with van der Waals surface area (Å²) in [6, 6.07) is 23.7. The molecule has 35 heavy (non-hydrogen) atoms. The molecule has 7 heteroatoms. The van der Waals surface area contributed by atoms with Gasteiger partial charge >= 0.3 is 11.9 Å².